The second kappa shape index (κ2) is 6.93. The van der Waals surface area contributed by atoms with E-state index in [0.717, 1.165) is 29.7 Å². The first-order chi connectivity index (χ1) is 11.8. The minimum absolute atomic E-state index is 0.548. The topological polar surface area (TPSA) is 3.24 Å². The third-order valence-electron chi connectivity index (χ3n) is 9.21. The Morgan fingerprint density at radius 3 is 2.28 bits per heavy atom. The van der Waals surface area contributed by atoms with Gasteiger partial charge in [0.15, 0.2) is 0 Å². The minimum atomic E-state index is 0.548. The molecule has 0 amide bonds. The van der Waals surface area contributed by atoms with Crippen LogP contribution in [0.5, 0.6) is 0 Å². The molecule has 0 aromatic carbocycles. The van der Waals surface area contributed by atoms with Crippen molar-refractivity contribution < 1.29 is 0 Å². The van der Waals surface area contributed by atoms with Gasteiger partial charge in [-0.25, -0.2) is 0 Å². The lowest BCUT2D eigenvalue weighted by molar-refractivity contribution is -0.112. The zero-order chi connectivity index (χ0) is 18.4. The van der Waals surface area contributed by atoms with Crippen molar-refractivity contribution in [3.05, 3.63) is 12.3 Å². The number of hydrogen-bond acceptors (Lipinski definition) is 1. The molecule has 1 saturated heterocycles. The molecule has 3 saturated carbocycles. The predicted molar refractivity (Wildman–Crippen MR) is 109 cm³/mol. The number of piperidine rings is 1. The second-order valence-electron chi connectivity index (χ2n) is 10.4. The Bertz CT molecular complexity index is 496. The summed E-state index contributed by atoms with van der Waals surface area (Å²) in [4.78, 5) is 2.56. The van der Waals surface area contributed by atoms with Crippen LogP contribution in [0.2, 0.25) is 0 Å². The molecule has 4 aliphatic rings. The molecule has 0 aromatic heterocycles. The van der Waals surface area contributed by atoms with E-state index in [1.165, 1.54) is 63.5 Å². The maximum atomic E-state index is 4.32. The lowest BCUT2D eigenvalue weighted by atomic mass is 9.47. The summed E-state index contributed by atoms with van der Waals surface area (Å²) < 4.78 is 0. The fourth-order valence-electron chi connectivity index (χ4n) is 7.50. The Hall–Kier alpha value is -0.460. The SMILES string of the molecule is C=C1CCC2(C)C3CCC4(C)C(C)CCC4C3CCC2N1C.CCC. The Kier molecular flexibility index (Phi) is 5.35. The first-order valence-corrected chi connectivity index (χ1v) is 11.2. The molecule has 1 heterocycles. The minimum Gasteiger partial charge on any atom is -0.375 e. The van der Waals surface area contributed by atoms with Gasteiger partial charge in [0.1, 0.15) is 0 Å². The summed E-state index contributed by atoms with van der Waals surface area (Å²) in [7, 11) is 2.31. The van der Waals surface area contributed by atoms with E-state index in [1.54, 1.807) is 0 Å². The van der Waals surface area contributed by atoms with Gasteiger partial charge in [0.25, 0.3) is 0 Å². The van der Waals surface area contributed by atoms with E-state index in [2.05, 4.69) is 53.1 Å². The molecular formula is C24H43N. The Balaban J connectivity index is 0.000000569. The highest BCUT2D eigenvalue weighted by Gasteiger charge is 2.59. The van der Waals surface area contributed by atoms with Crippen molar-refractivity contribution in [1.82, 2.24) is 4.90 Å². The summed E-state index contributed by atoms with van der Waals surface area (Å²) in [6.45, 7) is 16.4. The fraction of sp³-hybridized carbons (Fsp3) is 0.917. The molecule has 1 nitrogen and oxygen atoms in total. The van der Waals surface area contributed by atoms with Gasteiger partial charge < -0.3 is 4.90 Å². The number of allylic oxidation sites excluding steroid dienone is 1. The van der Waals surface area contributed by atoms with Crippen LogP contribution in [0.25, 0.3) is 0 Å². The predicted octanol–water partition coefficient (Wildman–Crippen LogP) is 6.89. The molecule has 144 valence electrons. The van der Waals surface area contributed by atoms with Gasteiger partial charge in [0.2, 0.25) is 0 Å². The van der Waals surface area contributed by atoms with E-state index < -0.39 is 0 Å². The van der Waals surface area contributed by atoms with Crippen LogP contribution in [0.3, 0.4) is 0 Å². The lowest BCUT2D eigenvalue weighted by Crippen LogP contribution is -2.59. The Labute approximate surface area is 157 Å². The second-order valence-corrected chi connectivity index (χ2v) is 10.4. The lowest BCUT2D eigenvalue weighted by Gasteiger charge is -2.62. The number of fused-ring (bicyclic) bond motifs is 5. The first-order valence-electron chi connectivity index (χ1n) is 11.2. The van der Waals surface area contributed by atoms with E-state index in [0.29, 0.717) is 10.8 Å². The third-order valence-corrected chi connectivity index (χ3v) is 9.21. The molecule has 0 N–H and O–H groups in total. The van der Waals surface area contributed by atoms with Gasteiger partial charge in [-0.2, -0.15) is 0 Å². The maximum Gasteiger partial charge on any atom is 0.0340 e. The maximum absolute atomic E-state index is 4.32. The standard InChI is InChI=1S/C21H35N.C3H8/c1-14-6-8-17-16-7-9-19-21(4,12-10-15(2)22(19)5)18(16)11-13-20(14,17)3;1-3-2/h14,16-19H,2,6-13H2,1,3-5H3;3H2,1-2H3. The van der Waals surface area contributed by atoms with Crippen LogP contribution in [-0.4, -0.2) is 18.0 Å². The summed E-state index contributed by atoms with van der Waals surface area (Å²) >= 11 is 0. The summed E-state index contributed by atoms with van der Waals surface area (Å²) in [5.74, 6) is 3.97. The molecule has 3 aliphatic carbocycles. The van der Waals surface area contributed by atoms with Crippen LogP contribution in [-0.2, 0) is 0 Å². The molecule has 1 heteroatoms. The molecule has 4 rings (SSSR count). The highest BCUT2D eigenvalue weighted by atomic mass is 15.2. The number of rotatable bonds is 0. The van der Waals surface area contributed by atoms with Crippen LogP contribution in [0.4, 0.5) is 0 Å². The van der Waals surface area contributed by atoms with Crippen LogP contribution in [0, 0.1) is 34.5 Å². The average Bonchev–Trinajstić information content (AvgIpc) is 2.88. The normalized spacial score (nSPS) is 48.8. The van der Waals surface area contributed by atoms with Crippen molar-refractivity contribution in [3.63, 3.8) is 0 Å². The van der Waals surface area contributed by atoms with Crippen molar-refractivity contribution in [3.8, 4) is 0 Å². The molecular weight excluding hydrogens is 302 g/mol. The van der Waals surface area contributed by atoms with Gasteiger partial charge in [0.05, 0.1) is 0 Å². The number of nitrogens with zero attached hydrogens (tertiary/aromatic N) is 1. The summed E-state index contributed by atoms with van der Waals surface area (Å²) in [5, 5.41) is 0. The number of likely N-dealkylation sites (tertiary alicyclic amines) is 1. The van der Waals surface area contributed by atoms with E-state index in [9.17, 15) is 0 Å². The van der Waals surface area contributed by atoms with Gasteiger partial charge >= 0.3 is 0 Å². The molecule has 7 atom stereocenters. The highest BCUT2D eigenvalue weighted by molar-refractivity contribution is 5.14. The molecule has 7 unspecified atom stereocenters. The Morgan fingerprint density at radius 1 is 0.960 bits per heavy atom. The van der Waals surface area contributed by atoms with Gasteiger partial charge in [-0.05, 0) is 85.9 Å². The fourth-order valence-corrected chi connectivity index (χ4v) is 7.50. The quantitative estimate of drug-likeness (QED) is 0.462. The van der Waals surface area contributed by atoms with E-state index in [1.807, 2.05) is 0 Å². The smallest absolute Gasteiger partial charge is 0.0340 e. The summed E-state index contributed by atoms with van der Waals surface area (Å²) in [5.41, 5.74) is 2.59. The van der Waals surface area contributed by atoms with Crippen LogP contribution < -0.4 is 0 Å². The van der Waals surface area contributed by atoms with Crippen molar-refractivity contribution in [2.45, 2.75) is 98.4 Å². The van der Waals surface area contributed by atoms with Crippen molar-refractivity contribution in [2.75, 3.05) is 7.05 Å². The zero-order valence-corrected chi connectivity index (χ0v) is 17.9. The monoisotopic (exact) mass is 345 g/mol. The van der Waals surface area contributed by atoms with Gasteiger partial charge in [-0.3, -0.25) is 0 Å². The first kappa shape index (κ1) is 19.3. The Morgan fingerprint density at radius 2 is 1.60 bits per heavy atom. The van der Waals surface area contributed by atoms with Gasteiger partial charge in [-0.15, -0.1) is 0 Å². The third kappa shape index (κ3) is 2.88. The van der Waals surface area contributed by atoms with E-state index in [-0.39, 0.29) is 0 Å². The van der Waals surface area contributed by atoms with Crippen LogP contribution in [0.1, 0.15) is 92.4 Å². The zero-order valence-electron chi connectivity index (χ0n) is 17.9. The molecule has 0 bridgehead atoms. The van der Waals surface area contributed by atoms with Crippen LogP contribution in [0.15, 0.2) is 12.3 Å². The van der Waals surface area contributed by atoms with E-state index in [4.69, 9.17) is 0 Å². The molecule has 4 fully saturated rings. The average molecular weight is 346 g/mol. The number of hydrogen-bond donors (Lipinski definition) is 0. The van der Waals surface area contributed by atoms with Crippen LogP contribution >= 0.6 is 0 Å². The molecule has 25 heavy (non-hydrogen) atoms. The van der Waals surface area contributed by atoms with Crippen molar-refractivity contribution >= 4 is 0 Å². The van der Waals surface area contributed by atoms with Crippen molar-refractivity contribution in [2.24, 2.45) is 34.5 Å². The summed E-state index contributed by atoms with van der Waals surface area (Å²) in [6.07, 6.45) is 12.8. The largest absolute Gasteiger partial charge is 0.375 e. The van der Waals surface area contributed by atoms with Gasteiger partial charge in [0, 0.05) is 18.8 Å². The molecule has 0 aromatic rings. The highest BCUT2D eigenvalue weighted by Crippen LogP contribution is 2.66. The molecule has 1 aliphatic heterocycles. The summed E-state index contributed by atoms with van der Waals surface area (Å²) in [6, 6.07) is 0.762. The van der Waals surface area contributed by atoms with Crippen molar-refractivity contribution in [1.29, 1.82) is 0 Å². The van der Waals surface area contributed by atoms with Gasteiger partial charge in [-0.1, -0.05) is 47.6 Å². The van der Waals surface area contributed by atoms with E-state index >= 15 is 0 Å². The molecule has 0 radical (unpaired) electrons. The molecule has 0 spiro atoms.